The second-order valence-corrected chi connectivity index (χ2v) is 6.83. The van der Waals surface area contributed by atoms with E-state index in [0.29, 0.717) is 11.8 Å². The van der Waals surface area contributed by atoms with Crippen LogP contribution in [-0.4, -0.2) is 6.21 Å². The standard InChI is InChI=1S/C19H29N/c1-8-12-19(6,7)13-20-18-16(14(2)3)10-9-11-17(18)15(4)5/h8-11,13-15H,1,12H2,2-7H3. The van der Waals surface area contributed by atoms with Gasteiger partial charge in [-0.15, -0.1) is 6.58 Å². The Morgan fingerprint density at radius 2 is 1.60 bits per heavy atom. The number of allylic oxidation sites excluding steroid dienone is 1. The average molecular weight is 271 g/mol. The van der Waals surface area contributed by atoms with E-state index in [0.717, 1.165) is 12.1 Å². The Balaban J connectivity index is 3.27. The average Bonchev–Trinajstić information content (AvgIpc) is 2.35. The van der Waals surface area contributed by atoms with Crippen molar-refractivity contribution in [2.45, 2.75) is 59.8 Å². The summed E-state index contributed by atoms with van der Waals surface area (Å²) in [4.78, 5) is 4.87. The van der Waals surface area contributed by atoms with Gasteiger partial charge >= 0.3 is 0 Å². The molecule has 0 aliphatic heterocycles. The predicted octanol–water partition coefficient (Wildman–Crippen LogP) is 6.24. The molecule has 0 N–H and O–H groups in total. The minimum absolute atomic E-state index is 0.0556. The van der Waals surface area contributed by atoms with Crippen LogP contribution in [-0.2, 0) is 0 Å². The van der Waals surface area contributed by atoms with Gasteiger partial charge in [-0.1, -0.05) is 65.8 Å². The molecule has 0 heterocycles. The van der Waals surface area contributed by atoms with Crippen LogP contribution in [0.25, 0.3) is 0 Å². The van der Waals surface area contributed by atoms with Gasteiger partial charge in [-0.05, 0) is 29.4 Å². The van der Waals surface area contributed by atoms with Crippen LogP contribution in [0.5, 0.6) is 0 Å². The topological polar surface area (TPSA) is 12.4 Å². The summed E-state index contributed by atoms with van der Waals surface area (Å²) in [6, 6.07) is 6.55. The van der Waals surface area contributed by atoms with Crippen LogP contribution < -0.4 is 0 Å². The highest BCUT2D eigenvalue weighted by Crippen LogP contribution is 2.35. The molecule has 0 fully saturated rings. The van der Waals surface area contributed by atoms with Gasteiger partial charge in [-0.3, -0.25) is 4.99 Å². The Morgan fingerprint density at radius 3 is 2.00 bits per heavy atom. The monoisotopic (exact) mass is 271 g/mol. The second kappa shape index (κ2) is 6.88. The molecule has 0 aromatic heterocycles. The lowest BCUT2D eigenvalue weighted by Crippen LogP contribution is -2.11. The molecule has 0 atom stereocenters. The van der Waals surface area contributed by atoms with E-state index in [4.69, 9.17) is 4.99 Å². The number of nitrogens with zero attached hydrogens (tertiary/aromatic N) is 1. The molecule has 20 heavy (non-hydrogen) atoms. The molecule has 110 valence electrons. The zero-order chi connectivity index (χ0) is 15.3. The highest BCUT2D eigenvalue weighted by atomic mass is 14.7. The largest absolute Gasteiger partial charge is 0.260 e. The predicted molar refractivity (Wildman–Crippen MR) is 91.4 cm³/mol. The number of aliphatic imine (C=N–C) groups is 1. The SMILES string of the molecule is C=CCC(C)(C)C=Nc1c(C(C)C)cccc1C(C)C. The van der Waals surface area contributed by atoms with Crippen molar-refractivity contribution in [3.8, 4) is 0 Å². The van der Waals surface area contributed by atoms with Gasteiger partial charge in [0.25, 0.3) is 0 Å². The van der Waals surface area contributed by atoms with Crippen molar-refractivity contribution in [1.82, 2.24) is 0 Å². The van der Waals surface area contributed by atoms with Crippen molar-refractivity contribution in [2.75, 3.05) is 0 Å². The summed E-state index contributed by atoms with van der Waals surface area (Å²) in [5.41, 5.74) is 3.89. The Kier molecular flexibility index (Phi) is 5.74. The van der Waals surface area contributed by atoms with Gasteiger partial charge < -0.3 is 0 Å². The summed E-state index contributed by atoms with van der Waals surface area (Å²) in [7, 11) is 0. The van der Waals surface area contributed by atoms with Crippen LogP contribution in [0.4, 0.5) is 5.69 Å². The molecule has 0 amide bonds. The molecule has 1 nitrogen and oxygen atoms in total. The number of rotatable bonds is 6. The third-order valence-corrected chi connectivity index (χ3v) is 3.56. The molecular weight excluding hydrogens is 242 g/mol. The van der Waals surface area contributed by atoms with E-state index in [1.807, 2.05) is 6.08 Å². The number of hydrogen-bond donors (Lipinski definition) is 0. The van der Waals surface area contributed by atoms with Gasteiger partial charge in [0.2, 0.25) is 0 Å². The van der Waals surface area contributed by atoms with E-state index in [1.165, 1.54) is 11.1 Å². The maximum absolute atomic E-state index is 4.87. The Labute approximate surface area is 124 Å². The first-order valence-corrected chi connectivity index (χ1v) is 7.57. The molecule has 0 aliphatic carbocycles. The Bertz CT molecular complexity index is 452. The maximum atomic E-state index is 4.87. The molecule has 0 spiro atoms. The van der Waals surface area contributed by atoms with Crippen LogP contribution in [0.2, 0.25) is 0 Å². The third kappa shape index (κ3) is 4.33. The minimum atomic E-state index is 0.0556. The number of benzene rings is 1. The smallest absolute Gasteiger partial charge is 0.0695 e. The lowest BCUT2D eigenvalue weighted by molar-refractivity contribution is 0.546. The Hall–Kier alpha value is -1.37. The molecular formula is C19H29N. The van der Waals surface area contributed by atoms with Gasteiger partial charge in [0.1, 0.15) is 0 Å². The first kappa shape index (κ1) is 16.7. The van der Waals surface area contributed by atoms with Gasteiger partial charge in [0, 0.05) is 11.6 Å². The summed E-state index contributed by atoms with van der Waals surface area (Å²) < 4.78 is 0. The fourth-order valence-corrected chi connectivity index (χ4v) is 2.32. The van der Waals surface area contributed by atoms with E-state index < -0.39 is 0 Å². The molecule has 1 aromatic carbocycles. The highest BCUT2D eigenvalue weighted by molar-refractivity contribution is 5.72. The van der Waals surface area contributed by atoms with E-state index >= 15 is 0 Å². The van der Waals surface area contributed by atoms with Gasteiger partial charge in [-0.2, -0.15) is 0 Å². The van der Waals surface area contributed by atoms with Crippen LogP contribution >= 0.6 is 0 Å². The first-order valence-electron chi connectivity index (χ1n) is 7.57. The lowest BCUT2D eigenvalue weighted by Gasteiger charge is -2.19. The summed E-state index contributed by atoms with van der Waals surface area (Å²) >= 11 is 0. The van der Waals surface area contributed by atoms with Crippen molar-refractivity contribution < 1.29 is 0 Å². The fourth-order valence-electron chi connectivity index (χ4n) is 2.32. The molecule has 0 saturated carbocycles. The van der Waals surface area contributed by atoms with E-state index in [1.54, 1.807) is 0 Å². The minimum Gasteiger partial charge on any atom is -0.260 e. The van der Waals surface area contributed by atoms with Crippen molar-refractivity contribution in [2.24, 2.45) is 10.4 Å². The van der Waals surface area contributed by atoms with Crippen molar-refractivity contribution in [1.29, 1.82) is 0 Å². The zero-order valence-electron chi connectivity index (χ0n) is 13.9. The lowest BCUT2D eigenvalue weighted by atomic mass is 9.90. The van der Waals surface area contributed by atoms with E-state index in [-0.39, 0.29) is 5.41 Å². The molecule has 1 heteroatoms. The zero-order valence-corrected chi connectivity index (χ0v) is 13.9. The quantitative estimate of drug-likeness (QED) is 0.429. The number of hydrogen-bond acceptors (Lipinski definition) is 1. The Morgan fingerprint density at radius 1 is 1.10 bits per heavy atom. The summed E-state index contributed by atoms with van der Waals surface area (Å²) in [6.07, 6.45) is 4.99. The van der Waals surface area contributed by atoms with Crippen molar-refractivity contribution in [3.63, 3.8) is 0 Å². The normalized spacial score (nSPS) is 12.6. The molecule has 0 unspecified atom stereocenters. The summed E-state index contributed by atoms with van der Waals surface area (Å²) in [5, 5.41) is 0. The fraction of sp³-hybridized carbons (Fsp3) is 0.526. The molecule has 0 aliphatic rings. The molecule has 0 bridgehead atoms. The van der Waals surface area contributed by atoms with Crippen LogP contribution in [0, 0.1) is 5.41 Å². The molecule has 1 rings (SSSR count). The molecule has 0 saturated heterocycles. The van der Waals surface area contributed by atoms with Crippen molar-refractivity contribution >= 4 is 11.9 Å². The third-order valence-electron chi connectivity index (χ3n) is 3.56. The van der Waals surface area contributed by atoms with Crippen LogP contribution in [0.1, 0.15) is 70.9 Å². The van der Waals surface area contributed by atoms with Gasteiger partial charge in [-0.25, -0.2) is 0 Å². The summed E-state index contributed by atoms with van der Waals surface area (Å²) in [6.45, 7) is 17.1. The van der Waals surface area contributed by atoms with Crippen LogP contribution in [0.15, 0.2) is 35.8 Å². The van der Waals surface area contributed by atoms with Gasteiger partial charge in [0.05, 0.1) is 5.69 Å². The highest BCUT2D eigenvalue weighted by Gasteiger charge is 2.16. The number of para-hydroxylation sites is 1. The molecule has 1 aromatic rings. The van der Waals surface area contributed by atoms with Gasteiger partial charge in [0.15, 0.2) is 0 Å². The first-order chi connectivity index (χ1) is 9.28. The second-order valence-electron chi connectivity index (χ2n) is 6.83. The van der Waals surface area contributed by atoms with Crippen molar-refractivity contribution in [3.05, 3.63) is 42.0 Å². The summed E-state index contributed by atoms with van der Waals surface area (Å²) in [5.74, 6) is 0.978. The van der Waals surface area contributed by atoms with E-state index in [9.17, 15) is 0 Å². The van der Waals surface area contributed by atoms with Crippen LogP contribution in [0.3, 0.4) is 0 Å². The maximum Gasteiger partial charge on any atom is 0.0695 e. The molecule has 0 radical (unpaired) electrons. The van der Waals surface area contributed by atoms with E-state index in [2.05, 4.69) is 72.5 Å².